The highest BCUT2D eigenvalue weighted by molar-refractivity contribution is 6.19. The highest BCUT2D eigenvalue weighted by Crippen LogP contribution is 2.46. The molecule has 3 aliphatic rings. The van der Waals surface area contributed by atoms with Crippen molar-refractivity contribution in [1.29, 1.82) is 0 Å². The van der Waals surface area contributed by atoms with Crippen molar-refractivity contribution in [2.24, 2.45) is 11.3 Å². The van der Waals surface area contributed by atoms with E-state index in [1.807, 2.05) is 13.8 Å². The Kier molecular flexibility index (Phi) is 3.93. The zero-order chi connectivity index (χ0) is 17.9. The molecule has 0 unspecified atom stereocenters. The topological polar surface area (TPSA) is 63.6 Å². The first-order valence-corrected chi connectivity index (χ1v) is 8.90. The molecule has 0 amide bonds. The van der Waals surface area contributed by atoms with Crippen molar-refractivity contribution in [3.8, 4) is 0 Å². The van der Waals surface area contributed by atoms with Crippen molar-refractivity contribution in [2.45, 2.75) is 77.6 Å². The van der Waals surface area contributed by atoms with Gasteiger partial charge in [0.05, 0.1) is 11.7 Å². The molecule has 4 heteroatoms. The van der Waals surface area contributed by atoms with Crippen LogP contribution in [0.5, 0.6) is 0 Å². The molecule has 24 heavy (non-hydrogen) atoms. The molecule has 2 heterocycles. The zero-order valence-electron chi connectivity index (χ0n) is 15.3. The Morgan fingerprint density at radius 3 is 2.46 bits per heavy atom. The Bertz CT molecular complexity index is 657. The zero-order valence-corrected chi connectivity index (χ0v) is 15.3. The summed E-state index contributed by atoms with van der Waals surface area (Å²) in [7, 11) is 0. The SMILES string of the molecule is CC1=C[C@]2(O)C(=O)[C@@H](C)CCC(C)(C)[C@H]3CC[C@@](C)(/C=C/2C1=O)O3. The largest absolute Gasteiger partial charge is 0.373 e. The lowest BCUT2D eigenvalue weighted by molar-refractivity contribution is -0.135. The van der Waals surface area contributed by atoms with Gasteiger partial charge in [0.25, 0.3) is 0 Å². The molecule has 4 atom stereocenters. The first-order valence-electron chi connectivity index (χ1n) is 8.90. The first-order chi connectivity index (χ1) is 11.0. The molecular formula is C20H28O4. The molecule has 1 N–H and O–H groups in total. The highest BCUT2D eigenvalue weighted by atomic mass is 16.5. The molecule has 1 fully saturated rings. The molecule has 2 bridgehead atoms. The Labute approximate surface area is 144 Å². The van der Waals surface area contributed by atoms with E-state index in [1.54, 1.807) is 13.0 Å². The van der Waals surface area contributed by atoms with Crippen molar-refractivity contribution in [3.63, 3.8) is 0 Å². The minimum absolute atomic E-state index is 0.0390. The summed E-state index contributed by atoms with van der Waals surface area (Å²) < 4.78 is 6.33. The first kappa shape index (κ1) is 17.6. The van der Waals surface area contributed by atoms with Crippen LogP contribution in [0, 0.1) is 11.3 Å². The van der Waals surface area contributed by atoms with Gasteiger partial charge in [-0.25, -0.2) is 0 Å². The van der Waals surface area contributed by atoms with Crippen molar-refractivity contribution < 1.29 is 19.4 Å². The van der Waals surface area contributed by atoms with Gasteiger partial charge in [-0.15, -0.1) is 0 Å². The number of ketones is 2. The molecule has 0 aromatic heterocycles. The molecule has 2 aliphatic heterocycles. The molecule has 0 saturated carbocycles. The summed E-state index contributed by atoms with van der Waals surface area (Å²) in [4.78, 5) is 25.5. The van der Waals surface area contributed by atoms with E-state index >= 15 is 0 Å². The molecule has 132 valence electrons. The highest BCUT2D eigenvalue weighted by Gasteiger charge is 2.51. The molecule has 1 aliphatic carbocycles. The number of carbonyl (C=O) groups is 2. The van der Waals surface area contributed by atoms with Crippen LogP contribution in [0.15, 0.2) is 23.3 Å². The average molecular weight is 332 g/mol. The number of carbonyl (C=O) groups excluding carboxylic acids is 2. The number of aliphatic hydroxyl groups is 1. The van der Waals surface area contributed by atoms with Crippen molar-refractivity contribution in [2.75, 3.05) is 0 Å². The van der Waals surface area contributed by atoms with Crippen LogP contribution in [0.25, 0.3) is 0 Å². The number of hydrogen-bond donors (Lipinski definition) is 1. The van der Waals surface area contributed by atoms with Crippen molar-refractivity contribution in [3.05, 3.63) is 23.3 Å². The third kappa shape index (κ3) is 2.60. The smallest absolute Gasteiger partial charge is 0.188 e. The van der Waals surface area contributed by atoms with Crippen molar-refractivity contribution in [1.82, 2.24) is 0 Å². The van der Waals surface area contributed by atoms with E-state index in [-0.39, 0.29) is 34.6 Å². The summed E-state index contributed by atoms with van der Waals surface area (Å²) in [5.74, 6) is -0.835. The van der Waals surface area contributed by atoms with Crippen LogP contribution in [0.3, 0.4) is 0 Å². The molecular weight excluding hydrogens is 304 g/mol. The predicted molar refractivity (Wildman–Crippen MR) is 91.5 cm³/mol. The van der Waals surface area contributed by atoms with Gasteiger partial charge in [0.1, 0.15) is 0 Å². The second-order valence-corrected chi connectivity index (χ2v) is 8.73. The van der Waals surface area contributed by atoms with Crippen LogP contribution in [0.1, 0.15) is 60.3 Å². The van der Waals surface area contributed by atoms with Gasteiger partial charge in [-0.2, -0.15) is 0 Å². The monoisotopic (exact) mass is 332 g/mol. The van der Waals surface area contributed by atoms with Gasteiger partial charge >= 0.3 is 0 Å². The summed E-state index contributed by atoms with van der Waals surface area (Å²) in [5, 5.41) is 11.1. The summed E-state index contributed by atoms with van der Waals surface area (Å²) in [5.41, 5.74) is -1.85. The van der Waals surface area contributed by atoms with Crippen LogP contribution in [0.4, 0.5) is 0 Å². The number of rotatable bonds is 0. The fourth-order valence-corrected chi connectivity index (χ4v) is 4.30. The van der Waals surface area contributed by atoms with Gasteiger partial charge < -0.3 is 9.84 Å². The van der Waals surface area contributed by atoms with E-state index < -0.39 is 11.2 Å². The van der Waals surface area contributed by atoms with Gasteiger partial charge in [-0.3, -0.25) is 9.59 Å². The predicted octanol–water partition coefficient (Wildman–Crippen LogP) is 3.14. The van der Waals surface area contributed by atoms with E-state index in [4.69, 9.17) is 4.74 Å². The maximum Gasteiger partial charge on any atom is 0.188 e. The maximum atomic E-state index is 13.0. The van der Waals surface area contributed by atoms with Crippen LogP contribution in [-0.2, 0) is 14.3 Å². The molecule has 4 nitrogen and oxygen atoms in total. The summed E-state index contributed by atoms with van der Waals surface area (Å²) in [6.07, 6.45) is 6.48. The Hall–Kier alpha value is -1.26. The fraction of sp³-hybridized carbons (Fsp3) is 0.700. The van der Waals surface area contributed by atoms with Gasteiger partial charge in [0.15, 0.2) is 17.2 Å². The van der Waals surface area contributed by atoms with Gasteiger partial charge in [0.2, 0.25) is 0 Å². The Morgan fingerprint density at radius 2 is 1.79 bits per heavy atom. The van der Waals surface area contributed by atoms with Crippen LogP contribution >= 0.6 is 0 Å². The molecule has 3 rings (SSSR count). The van der Waals surface area contributed by atoms with Crippen LogP contribution in [-0.4, -0.2) is 34.0 Å². The molecule has 1 saturated heterocycles. The average Bonchev–Trinajstić information content (AvgIpc) is 2.99. The minimum Gasteiger partial charge on any atom is -0.373 e. The third-order valence-corrected chi connectivity index (χ3v) is 6.12. The van der Waals surface area contributed by atoms with Gasteiger partial charge in [-0.05, 0) is 62.7 Å². The fourth-order valence-electron chi connectivity index (χ4n) is 4.30. The van der Waals surface area contributed by atoms with Crippen LogP contribution in [0.2, 0.25) is 0 Å². The van der Waals surface area contributed by atoms with Crippen LogP contribution < -0.4 is 0 Å². The summed E-state index contributed by atoms with van der Waals surface area (Å²) in [6, 6.07) is 0. The number of fused-ring (bicyclic) bond motifs is 3. The minimum atomic E-state index is -1.81. The summed E-state index contributed by atoms with van der Waals surface area (Å²) in [6.45, 7) is 9.80. The van der Waals surface area contributed by atoms with E-state index in [0.717, 1.165) is 19.3 Å². The molecule has 0 aromatic carbocycles. The lowest BCUT2D eigenvalue weighted by atomic mass is 9.75. The van der Waals surface area contributed by atoms with E-state index in [1.165, 1.54) is 6.08 Å². The lowest BCUT2D eigenvalue weighted by Gasteiger charge is -2.33. The lowest BCUT2D eigenvalue weighted by Crippen LogP contribution is -2.42. The quantitative estimate of drug-likeness (QED) is 0.740. The molecule has 0 spiro atoms. The number of ether oxygens (including phenoxy) is 1. The van der Waals surface area contributed by atoms with Gasteiger partial charge in [-0.1, -0.05) is 20.8 Å². The number of hydrogen-bond acceptors (Lipinski definition) is 4. The maximum absolute atomic E-state index is 13.0. The third-order valence-electron chi connectivity index (χ3n) is 6.12. The molecule has 0 radical (unpaired) electrons. The normalized spacial score (nSPS) is 44.4. The second kappa shape index (κ2) is 5.37. The Morgan fingerprint density at radius 1 is 1.12 bits per heavy atom. The second-order valence-electron chi connectivity index (χ2n) is 8.73. The molecule has 0 aromatic rings. The summed E-state index contributed by atoms with van der Waals surface area (Å²) >= 11 is 0. The standard InChI is InChI=1S/C20H28O4/c1-12-6-8-18(3,4)15-7-9-19(5,24-15)11-14-16(21)13(2)10-20(14,23)17(12)22/h10-12,15,23H,6-9H2,1-5H3/b14-11+/t12-,15+,19-,20+/m0/s1. The van der Waals surface area contributed by atoms with E-state index in [0.29, 0.717) is 12.0 Å². The number of Topliss-reactive ketones (excluding diaryl/α,β-unsaturated/α-hetero) is 2. The Balaban J connectivity index is 2.12. The van der Waals surface area contributed by atoms with Gasteiger partial charge in [0, 0.05) is 11.5 Å². The van der Waals surface area contributed by atoms with E-state index in [9.17, 15) is 14.7 Å². The van der Waals surface area contributed by atoms with E-state index in [2.05, 4.69) is 13.8 Å². The number of allylic oxidation sites excluding steroid dienone is 1. The van der Waals surface area contributed by atoms with Crippen molar-refractivity contribution >= 4 is 11.6 Å².